The number of sulfonamides is 1. The Balaban J connectivity index is 1.56. The van der Waals surface area contributed by atoms with E-state index in [0.717, 1.165) is 10.1 Å². The molecule has 0 aromatic carbocycles. The maximum atomic E-state index is 12.7. The molecule has 9 nitrogen and oxygen atoms in total. The van der Waals surface area contributed by atoms with Crippen LogP contribution in [0.5, 0.6) is 0 Å². The topological polar surface area (TPSA) is 110 Å². The maximum absolute atomic E-state index is 12.7. The Morgan fingerprint density at radius 1 is 1.33 bits per heavy atom. The third-order valence-corrected chi connectivity index (χ3v) is 7.95. The number of amides is 1. The van der Waals surface area contributed by atoms with E-state index in [1.165, 1.54) is 28.2 Å². The molecule has 0 spiro atoms. The number of imidazole rings is 1. The molecule has 0 radical (unpaired) electrons. The molecule has 1 aliphatic heterocycles. The standard InChI is InChI=1S/C15H22N6O3S3/c1-3-20-9-12(16-10-20)27(23,24)21-7-5-11(6-8-21)13(22)17-14-18-19-15(26-14)25-4-2/h9-11H,3-8H2,1-2H3,(H,17,18,22). The minimum absolute atomic E-state index is 0.0575. The maximum Gasteiger partial charge on any atom is 0.262 e. The summed E-state index contributed by atoms with van der Waals surface area (Å²) >= 11 is 2.92. The smallest absolute Gasteiger partial charge is 0.262 e. The molecule has 1 fully saturated rings. The lowest BCUT2D eigenvalue weighted by molar-refractivity contribution is -0.120. The van der Waals surface area contributed by atoms with Crippen molar-refractivity contribution in [3.63, 3.8) is 0 Å². The summed E-state index contributed by atoms with van der Waals surface area (Å²) in [5, 5.41) is 11.3. The zero-order chi connectivity index (χ0) is 19.4. The third kappa shape index (κ3) is 4.68. The number of thioether (sulfide) groups is 1. The zero-order valence-corrected chi connectivity index (χ0v) is 17.6. The van der Waals surface area contributed by atoms with Crippen LogP contribution in [0.3, 0.4) is 0 Å². The summed E-state index contributed by atoms with van der Waals surface area (Å²) in [4.78, 5) is 16.4. The molecule has 0 atom stereocenters. The van der Waals surface area contributed by atoms with E-state index in [9.17, 15) is 13.2 Å². The summed E-state index contributed by atoms with van der Waals surface area (Å²) < 4.78 is 29.3. The van der Waals surface area contributed by atoms with Crippen molar-refractivity contribution in [3.8, 4) is 0 Å². The van der Waals surface area contributed by atoms with Crippen LogP contribution in [0.1, 0.15) is 26.7 Å². The number of aromatic nitrogens is 4. The first-order valence-corrected chi connectivity index (χ1v) is 12.0. The Morgan fingerprint density at radius 2 is 2.07 bits per heavy atom. The van der Waals surface area contributed by atoms with Crippen molar-refractivity contribution < 1.29 is 13.2 Å². The fourth-order valence-corrected chi connectivity index (χ4v) is 5.84. The van der Waals surface area contributed by atoms with Gasteiger partial charge in [-0.3, -0.25) is 4.79 Å². The number of nitrogens with zero attached hydrogens (tertiary/aromatic N) is 5. The van der Waals surface area contributed by atoms with E-state index in [2.05, 4.69) is 20.5 Å². The second kappa shape index (κ2) is 8.67. The Labute approximate surface area is 166 Å². The van der Waals surface area contributed by atoms with Crippen LogP contribution >= 0.6 is 23.1 Å². The molecule has 1 saturated heterocycles. The molecule has 0 saturated carbocycles. The lowest BCUT2D eigenvalue weighted by Gasteiger charge is -2.29. The fourth-order valence-electron chi connectivity index (χ4n) is 2.79. The first kappa shape index (κ1) is 20.2. The van der Waals surface area contributed by atoms with Gasteiger partial charge in [0.1, 0.15) is 0 Å². The summed E-state index contributed by atoms with van der Waals surface area (Å²) in [7, 11) is -3.62. The highest BCUT2D eigenvalue weighted by molar-refractivity contribution is 8.01. The zero-order valence-electron chi connectivity index (χ0n) is 15.2. The Morgan fingerprint density at radius 3 is 2.70 bits per heavy atom. The lowest BCUT2D eigenvalue weighted by Crippen LogP contribution is -2.41. The predicted molar refractivity (Wildman–Crippen MR) is 104 cm³/mol. The number of aryl methyl sites for hydroxylation is 1. The quantitative estimate of drug-likeness (QED) is 0.528. The monoisotopic (exact) mass is 430 g/mol. The van der Waals surface area contributed by atoms with Crippen LogP contribution in [0.25, 0.3) is 0 Å². The van der Waals surface area contributed by atoms with Gasteiger partial charge in [-0.25, -0.2) is 13.4 Å². The predicted octanol–water partition coefficient (Wildman–Crippen LogP) is 1.91. The van der Waals surface area contributed by atoms with E-state index in [4.69, 9.17) is 0 Å². The molecule has 3 heterocycles. The SMILES string of the molecule is CCSc1nnc(NC(=O)C2CCN(S(=O)(=O)c3cn(CC)cn3)CC2)s1. The van der Waals surface area contributed by atoms with Crippen LogP contribution in [-0.4, -0.2) is 57.2 Å². The van der Waals surface area contributed by atoms with Gasteiger partial charge in [0.25, 0.3) is 10.0 Å². The average molecular weight is 431 g/mol. The molecular formula is C15H22N6O3S3. The number of nitrogens with one attached hydrogen (secondary N) is 1. The van der Waals surface area contributed by atoms with E-state index in [-0.39, 0.29) is 16.9 Å². The van der Waals surface area contributed by atoms with Gasteiger partial charge in [-0.1, -0.05) is 30.0 Å². The van der Waals surface area contributed by atoms with Crippen molar-refractivity contribution in [2.75, 3.05) is 24.2 Å². The van der Waals surface area contributed by atoms with Crippen LogP contribution in [0.15, 0.2) is 21.9 Å². The lowest BCUT2D eigenvalue weighted by atomic mass is 9.97. The molecule has 1 aliphatic rings. The van der Waals surface area contributed by atoms with Gasteiger partial charge in [-0.2, -0.15) is 4.31 Å². The van der Waals surface area contributed by atoms with Crippen molar-refractivity contribution >= 4 is 44.2 Å². The fraction of sp³-hybridized carbons (Fsp3) is 0.600. The van der Waals surface area contributed by atoms with Crippen LogP contribution in [0.4, 0.5) is 5.13 Å². The molecule has 148 valence electrons. The average Bonchev–Trinajstić information content (AvgIpc) is 3.32. The highest BCUT2D eigenvalue weighted by atomic mass is 32.2. The van der Waals surface area contributed by atoms with Gasteiger partial charge < -0.3 is 9.88 Å². The van der Waals surface area contributed by atoms with E-state index in [1.807, 2.05) is 13.8 Å². The van der Waals surface area contributed by atoms with Gasteiger partial charge in [0.05, 0.1) is 6.33 Å². The largest absolute Gasteiger partial charge is 0.336 e. The molecule has 1 N–H and O–H groups in total. The van der Waals surface area contributed by atoms with E-state index >= 15 is 0 Å². The third-order valence-electron chi connectivity index (χ3n) is 4.31. The number of carbonyl (C=O) groups excluding carboxylic acids is 1. The van der Waals surface area contributed by atoms with Crippen LogP contribution in [0, 0.1) is 5.92 Å². The minimum Gasteiger partial charge on any atom is -0.336 e. The van der Waals surface area contributed by atoms with E-state index in [1.54, 1.807) is 16.3 Å². The molecule has 1 amide bonds. The molecule has 3 rings (SSSR count). The molecule has 2 aromatic heterocycles. The second-order valence-corrected chi connectivity index (χ2v) is 10.4. The summed E-state index contributed by atoms with van der Waals surface area (Å²) in [5.41, 5.74) is 0. The Hall–Kier alpha value is -1.50. The summed E-state index contributed by atoms with van der Waals surface area (Å²) in [6.07, 6.45) is 3.99. The van der Waals surface area contributed by atoms with Gasteiger partial charge in [-0.15, -0.1) is 10.2 Å². The van der Waals surface area contributed by atoms with Crippen molar-refractivity contribution in [3.05, 3.63) is 12.5 Å². The molecule has 2 aromatic rings. The van der Waals surface area contributed by atoms with Crippen molar-refractivity contribution in [1.29, 1.82) is 0 Å². The van der Waals surface area contributed by atoms with E-state index in [0.29, 0.717) is 37.6 Å². The Bertz CT molecular complexity index is 886. The molecule has 0 bridgehead atoms. The van der Waals surface area contributed by atoms with Gasteiger partial charge >= 0.3 is 0 Å². The molecule has 27 heavy (non-hydrogen) atoms. The number of rotatable bonds is 7. The summed E-state index contributed by atoms with van der Waals surface area (Å²) in [6.45, 7) is 5.21. The number of carbonyl (C=O) groups is 1. The highest BCUT2D eigenvalue weighted by Crippen LogP contribution is 2.27. The van der Waals surface area contributed by atoms with Gasteiger partial charge in [-0.05, 0) is 25.5 Å². The first-order valence-electron chi connectivity index (χ1n) is 8.73. The van der Waals surface area contributed by atoms with Crippen LogP contribution in [-0.2, 0) is 21.4 Å². The minimum atomic E-state index is -3.62. The molecule has 0 unspecified atom stereocenters. The van der Waals surface area contributed by atoms with Crippen molar-refractivity contribution in [1.82, 2.24) is 24.1 Å². The van der Waals surface area contributed by atoms with Crippen LogP contribution < -0.4 is 5.32 Å². The Kier molecular flexibility index (Phi) is 6.50. The molecule has 12 heteroatoms. The number of hydrogen-bond acceptors (Lipinski definition) is 8. The summed E-state index contributed by atoms with van der Waals surface area (Å²) in [5.74, 6) is 0.522. The molecular weight excluding hydrogens is 408 g/mol. The number of anilines is 1. The highest BCUT2D eigenvalue weighted by Gasteiger charge is 2.33. The van der Waals surface area contributed by atoms with Gasteiger partial charge in [0.15, 0.2) is 9.37 Å². The van der Waals surface area contributed by atoms with Crippen LogP contribution in [0.2, 0.25) is 0 Å². The summed E-state index contributed by atoms with van der Waals surface area (Å²) in [6, 6.07) is 0. The first-order chi connectivity index (χ1) is 12.9. The van der Waals surface area contributed by atoms with Gasteiger partial charge in [0.2, 0.25) is 11.0 Å². The van der Waals surface area contributed by atoms with Crippen molar-refractivity contribution in [2.45, 2.75) is 42.6 Å². The number of hydrogen-bond donors (Lipinski definition) is 1. The second-order valence-electron chi connectivity index (χ2n) is 6.02. The van der Waals surface area contributed by atoms with Crippen molar-refractivity contribution in [2.24, 2.45) is 5.92 Å². The normalized spacial score (nSPS) is 16.5. The molecule has 0 aliphatic carbocycles. The van der Waals surface area contributed by atoms with E-state index < -0.39 is 10.0 Å². The van der Waals surface area contributed by atoms with Gasteiger partial charge in [0, 0.05) is 31.7 Å². The number of piperidine rings is 1.